The highest BCUT2D eigenvalue weighted by atomic mass is 16.5. The van der Waals surface area contributed by atoms with E-state index in [0.717, 1.165) is 56.4 Å². The van der Waals surface area contributed by atoms with E-state index in [1.165, 1.54) is 29.8 Å². The Morgan fingerprint density at radius 2 is 1.61 bits per heavy atom. The minimum Gasteiger partial charge on any atom is -0.495 e. The van der Waals surface area contributed by atoms with Gasteiger partial charge in [0.1, 0.15) is 5.75 Å². The van der Waals surface area contributed by atoms with Gasteiger partial charge in [-0.15, -0.1) is 0 Å². The van der Waals surface area contributed by atoms with E-state index in [-0.39, 0.29) is 11.9 Å². The number of anilines is 3. The number of nitrogens with zero attached hydrogens (tertiary/aromatic N) is 2. The lowest BCUT2D eigenvalue weighted by atomic mass is 10.1. The number of benzene rings is 2. The lowest BCUT2D eigenvalue weighted by Crippen LogP contribution is -3.19. The SMILES string of the molecule is COc1ccccc1N1CC[NH+]([C@H](C)C(=O)Nc2ccc(N3CCCCC3)cc2)CC1. The molecule has 2 aliphatic rings. The summed E-state index contributed by atoms with van der Waals surface area (Å²) in [4.78, 5) is 19.0. The van der Waals surface area contributed by atoms with Crippen LogP contribution in [0.2, 0.25) is 0 Å². The van der Waals surface area contributed by atoms with Crippen molar-refractivity contribution in [1.29, 1.82) is 0 Å². The summed E-state index contributed by atoms with van der Waals surface area (Å²) in [5, 5.41) is 3.12. The highest BCUT2D eigenvalue weighted by Crippen LogP contribution is 2.27. The van der Waals surface area contributed by atoms with Crippen LogP contribution in [0.3, 0.4) is 0 Å². The number of para-hydroxylation sites is 2. The van der Waals surface area contributed by atoms with Crippen molar-refractivity contribution in [3.8, 4) is 5.75 Å². The number of carbonyl (C=O) groups is 1. The zero-order valence-electron chi connectivity index (χ0n) is 18.8. The van der Waals surface area contributed by atoms with E-state index in [0.29, 0.717) is 0 Å². The number of piperazine rings is 1. The molecule has 6 nitrogen and oxygen atoms in total. The van der Waals surface area contributed by atoms with Crippen molar-refractivity contribution in [2.24, 2.45) is 0 Å². The van der Waals surface area contributed by atoms with E-state index >= 15 is 0 Å². The third-order valence-corrected chi connectivity index (χ3v) is 6.69. The molecule has 1 amide bonds. The molecular weight excluding hydrogens is 388 g/mol. The van der Waals surface area contributed by atoms with Gasteiger partial charge in [-0.3, -0.25) is 4.79 Å². The second-order valence-corrected chi connectivity index (χ2v) is 8.62. The third-order valence-electron chi connectivity index (χ3n) is 6.69. The molecule has 2 N–H and O–H groups in total. The van der Waals surface area contributed by atoms with Crippen molar-refractivity contribution >= 4 is 23.0 Å². The Morgan fingerprint density at radius 1 is 0.935 bits per heavy atom. The minimum atomic E-state index is -0.0819. The van der Waals surface area contributed by atoms with E-state index in [1.807, 2.05) is 37.3 Å². The van der Waals surface area contributed by atoms with Crippen LogP contribution in [0.1, 0.15) is 26.2 Å². The molecule has 0 saturated carbocycles. The molecule has 2 fully saturated rings. The Hall–Kier alpha value is -2.73. The Bertz CT molecular complexity index is 856. The molecule has 166 valence electrons. The van der Waals surface area contributed by atoms with Crippen molar-refractivity contribution < 1.29 is 14.4 Å². The molecule has 0 unspecified atom stereocenters. The maximum absolute atomic E-state index is 12.9. The molecule has 6 heteroatoms. The van der Waals surface area contributed by atoms with E-state index in [4.69, 9.17) is 4.74 Å². The molecule has 2 aromatic carbocycles. The normalized spacial score (nSPS) is 18.5. The summed E-state index contributed by atoms with van der Waals surface area (Å²) >= 11 is 0. The maximum atomic E-state index is 12.9. The van der Waals surface area contributed by atoms with Crippen molar-refractivity contribution in [2.75, 3.05) is 61.5 Å². The smallest absolute Gasteiger partial charge is 0.282 e. The fourth-order valence-electron chi connectivity index (χ4n) is 4.70. The summed E-state index contributed by atoms with van der Waals surface area (Å²) in [7, 11) is 1.71. The Morgan fingerprint density at radius 3 is 2.29 bits per heavy atom. The van der Waals surface area contributed by atoms with Gasteiger partial charge in [0.15, 0.2) is 6.04 Å². The number of amides is 1. The number of hydrogen-bond donors (Lipinski definition) is 2. The summed E-state index contributed by atoms with van der Waals surface area (Å²) in [5.74, 6) is 0.996. The van der Waals surface area contributed by atoms with E-state index in [2.05, 4.69) is 33.3 Å². The van der Waals surface area contributed by atoms with Crippen LogP contribution in [-0.4, -0.2) is 58.3 Å². The number of piperidine rings is 1. The van der Waals surface area contributed by atoms with Gasteiger partial charge in [-0.2, -0.15) is 0 Å². The molecule has 4 rings (SSSR count). The molecule has 2 aromatic rings. The van der Waals surface area contributed by atoms with Gasteiger partial charge < -0.3 is 24.8 Å². The average molecular weight is 424 g/mol. The summed E-state index contributed by atoms with van der Waals surface area (Å²) in [6.45, 7) is 7.99. The molecule has 31 heavy (non-hydrogen) atoms. The van der Waals surface area contributed by atoms with Crippen molar-refractivity contribution in [3.05, 3.63) is 48.5 Å². The predicted octanol–water partition coefficient (Wildman–Crippen LogP) is 2.42. The zero-order chi connectivity index (χ0) is 21.6. The van der Waals surface area contributed by atoms with Crippen LogP contribution >= 0.6 is 0 Å². The lowest BCUT2D eigenvalue weighted by Gasteiger charge is -2.36. The minimum absolute atomic E-state index is 0.0819. The van der Waals surface area contributed by atoms with Crippen LogP contribution in [0.4, 0.5) is 17.1 Å². The second-order valence-electron chi connectivity index (χ2n) is 8.62. The Balaban J connectivity index is 1.29. The van der Waals surface area contributed by atoms with Crippen molar-refractivity contribution in [1.82, 2.24) is 0 Å². The molecule has 2 heterocycles. The van der Waals surface area contributed by atoms with Crippen LogP contribution in [0.15, 0.2) is 48.5 Å². The van der Waals surface area contributed by atoms with Gasteiger partial charge in [0.2, 0.25) is 0 Å². The van der Waals surface area contributed by atoms with Gasteiger partial charge in [0.25, 0.3) is 5.91 Å². The number of methoxy groups -OCH3 is 1. The fourth-order valence-corrected chi connectivity index (χ4v) is 4.70. The van der Waals surface area contributed by atoms with Gasteiger partial charge in [0, 0.05) is 24.5 Å². The maximum Gasteiger partial charge on any atom is 0.282 e. The van der Waals surface area contributed by atoms with E-state index in [1.54, 1.807) is 7.11 Å². The summed E-state index contributed by atoms with van der Waals surface area (Å²) in [6.07, 6.45) is 3.87. The summed E-state index contributed by atoms with van der Waals surface area (Å²) < 4.78 is 5.51. The van der Waals surface area contributed by atoms with Crippen LogP contribution in [0.25, 0.3) is 0 Å². The number of ether oxygens (including phenoxy) is 1. The van der Waals surface area contributed by atoms with Crippen LogP contribution in [0, 0.1) is 0 Å². The number of nitrogens with one attached hydrogen (secondary N) is 2. The van der Waals surface area contributed by atoms with Gasteiger partial charge >= 0.3 is 0 Å². The zero-order valence-corrected chi connectivity index (χ0v) is 18.8. The number of quaternary nitrogens is 1. The first-order chi connectivity index (χ1) is 15.2. The largest absolute Gasteiger partial charge is 0.495 e. The molecule has 2 aliphatic heterocycles. The molecule has 1 atom stereocenters. The summed E-state index contributed by atoms with van der Waals surface area (Å²) in [6, 6.07) is 16.4. The predicted molar refractivity (Wildman–Crippen MR) is 127 cm³/mol. The van der Waals surface area contributed by atoms with Gasteiger partial charge in [-0.25, -0.2) is 0 Å². The van der Waals surface area contributed by atoms with E-state index in [9.17, 15) is 4.79 Å². The van der Waals surface area contributed by atoms with Gasteiger partial charge in [-0.05, 0) is 62.6 Å². The van der Waals surface area contributed by atoms with Crippen LogP contribution in [-0.2, 0) is 4.79 Å². The van der Waals surface area contributed by atoms with Gasteiger partial charge in [0.05, 0.1) is 39.0 Å². The molecule has 0 aromatic heterocycles. The van der Waals surface area contributed by atoms with Crippen molar-refractivity contribution in [3.63, 3.8) is 0 Å². The molecule has 0 spiro atoms. The number of carbonyl (C=O) groups excluding carboxylic acids is 1. The highest BCUT2D eigenvalue weighted by Gasteiger charge is 2.30. The van der Waals surface area contributed by atoms with Gasteiger partial charge in [-0.1, -0.05) is 12.1 Å². The second kappa shape index (κ2) is 10.1. The van der Waals surface area contributed by atoms with Crippen LogP contribution < -0.4 is 24.8 Å². The number of hydrogen-bond acceptors (Lipinski definition) is 4. The molecule has 0 radical (unpaired) electrons. The quantitative estimate of drug-likeness (QED) is 0.749. The van der Waals surface area contributed by atoms with Crippen LogP contribution in [0.5, 0.6) is 5.75 Å². The average Bonchev–Trinajstić information content (AvgIpc) is 2.84. The Kier molecular flexibility index (Phi) is 6.97. The third kappa shape index (κ3) is 5.13. The van der Waals surface area contributed by atoms with E-state index < -0.39 is 0 Å². The highest BCUT2D eigenvalue weighted by molar-refractivity contribution is 5.93. The standard InChI is InChI=1S/C25H34N4O2/c1-20(27-16-18-29(19-17-27)23-8-4-5-9-24(23)31-2)25(30)26-21-10-12-22(13-11-21)28-14-6-3-7-15-28/h4-5,8-13,20H,3,6-7,14-19H2,1-2H3,(H,26,30)/p+1/t20-/m1/s1. The fraction of sp³-hybridized carbons (Fsp3) is 0.480. The van der Waals surface area contributed by atoms with Crippen molar-refractivity contribution in [2.45, 2.75) is 32.2 Å². The Labute approximate surface area is 185 Å². The molecule has 2 saturated heterocycles. The topological polar surface area (TPSA) is 49.3 Å². The molecular formula is C25H35N4O2+. The lowest BCUT2D eigenvalue weighted by molar-refractivity contribution is -0.914. The first-order valence-corrected chi connectivity index (χ1v) is 11.5. The first-order valence-electron chi connectivity index (χ1n) is 11.5. The summed E-state index contributed by atoms with van der Waals surface area (Å²) in [5.41, 5.74) is 3.27. The monoisotopic (exact) mass is 423 g/mol. The number of rotatable bonds is 6. The molecule has 0 bridgehead atoms. The first kappa shape index (κ1) is 21.5. The molecule has 0 aliphatic carbocycles.